The van der Waals surface area contributed by atoms with Gasteiger partial charge in [-0.25, -0.2) is 9.18 Å². The number of hydrogen-bond donors (Lipinski definition) is 0. The highest BCUT2D eigenvalue weighted by Gasteiger charge is 2.34. The summed E-state index contributed by atoms with van der Waals surface area (Å²) < 4.78 is 29.7. The minimum atomic E-state index is -0.572. The molecule has 1 atom stereocenters. The lowest BCUT2D eigenvalue weighted by Crippen LogP contribution is -2.56. The van der Waals surface area contributed by atoms with E-state index in [2.05, 4.69) is 13.2 Å². The molecule has 26 heavy (non-hydrogen) atoms. The number of allylic oxidation sites excluding steroid dienone is 3. The van der Waals surface area contributed by atoms with Gasteiger partial charge >= 0.3 is 6.09 Å². The van der Waals surface area contributed by atoms with Crippen molar-refractivity contribution in [1.29, 1.82) is 0 Å². The van der Waals surface area contributed by atoms with Gasteiger partial charge in [-0.1, -0.05) is 27.0 Å². The molecule has 0 bridgehead atoms. The van der Waals surface area contributed by atoms with E-state index in [0.717, 1.165) is 12.0 Å². The normalized spacial score (nSPS) is 16.7. The maximum atomic E-state index is 13.1. The Kier molecular flexibility index (Phi) is 8.34. The van der Waals surface area contributed by atoms with Gasteiger partial charge in [0.2, 0.25) is 0 Å². The van der Waals surface area contributed by atoms with E-state index in [1.54, 1.807) is 4.90 Å². The molecule has 1 aliphatic heterocycles. The van der Waals surface area contributed by atoms with Gasteiger partial charge in [-0.2, -0.15) is 0 Å². The van der Waals surface area contributed by atoms with Crippen molar-refractivity contribution in [2.24, 2.45) is 5.92 Å². The highest BCUT2D eigenvalue weighted by molar-refractivity contribution is 5.69. The molecule has 0 spiro atoms. The summed E-state index contributed by atoms with van der Waals surface area (Å²) in [6, 6.07) is 0. The molecule has 1 rings (SSSR count). The van der Waals surface area contributed by atoms with Crippen LogP contribution in [0, 0.1) is 5.92 Å². The molecule has 0 saturated carbocycles. The molecule has 0 radical (unpaired) electrons. The molecule has 0 aromatic rings. The smallest absolute Gasteiger partial charge is 0.410 e. The lowest BCUT2D eigenvalue weighted by Gasteiger charge is -2.39. The highest BCUT2D eigenvalue weighted by Crippen LogP contribution is 2.23. The fraction of sp³-hybridized carbons (Fsp3) is 0.650. The molecule has 1 amide bonds. The number of rotatable bonds is 9. The standard InChI is InChI=1S/C20H32FNO4/c1-8-14(2)16(4)18(11-15(3)21)25-10-9-24-17-12-22(13-17)19(23)26-20(5,6)7/h11,14,17H,3-4,8-10,12-13H2,1-2,5-7H3/b18-11+. The van der Waals surface area contributed by atoms with Crippen LogP contribution in [0.4, 0.5) is 9.18 Å². The second-order valence-corrected chi connectivity index (χ2v) is 7.52. The van der Waals surface area contributed by atoms with E-state index in [-0.39, 0.29) is 24.7 Å². The zero-order chi connectivity index (χ0) is 19.9. The Morgan fingerprint density at radius 2 is 1.92 bits per heavy atom. The van der Waals surface area contributed by atoms with Gasteiger partial charge < -0.3 is 19.1 Å². The van der Waals surface area contributed by atoms with Crippen LogP contribution in [-0.4, -0.2) is 49.0 Å². The fourth-order valence-corrected chi connectivity index (χ4v) is 2.24. The summed E-state index contributed by atoms with van der Waals surface area (Å²) in [5.41, 5.74) is 0.240. The number of halogens is 1. The predicted octanol–water partition coefficient (Wildman–Crippen LogP) is 4.61. The van der Waals surface area contributed by atoms with Crippen LogP contribution >= 0.6 is 0 Å². The van der Waals surface area contributed by atoms with E-state index < -0.39 is 11.4 Å². The Bertz CT molecular complexity index is 545. The Morgan fingerprint density at radius 1 is 1.31 bits per heavy atom. The van der Waals surface area contributed by atoms with E-state index in [0.29, 0.717) is 25.5 Å². The Morgan fingerprint density at radius 3 is 2.42 bits per heavy atom. The van der Waals surface area contributed by atoms with E-state index in [1.165, 1.54) is 6.08 Å². The summed E-state index contributed by atoms with van der Waals surface area (Å²) in [4.78, 5) is 13.4. The molecule has 0 N–H and O–H groups in total. The first-order valence-corrected chi connectivity index (χ1v) is 9.01. The van der Waals surface area contributed by atoms with Crippen LogP contribution in [0.25, 0.3) is 0 Å². The number of amides is 1. The average Bonchev–Trinajstić information content (AvgIpc) is 2.47. The molecule has 1 unspecified atom stereocenters. The Balaban J connectivity index is 2.32. The first-order valence-electron chi connectivity index (χ1n) is 9.01. The summed E-state index contributed by atoms with van der Waals surface area (Å²) in [6.45, 7) is 18.4. The number of nitrogens with zero attached hydrogens (tertiary/aromatic N) is 1. The third-order valence-electron chi connectivity index (χ3n) is 4.01. The monoisotopic (exact) mass is 369 g/mol. The zero-order valence-corrected chi connectivity index (χ0v) is 16.6. The first kappa shape index (κ1) is 22.2. The van der Waals surface area contributed by atoms with Crippen molar-refractivity contribution >= 4 is 6.09 Å². The molecule has 1 saturated heterocycles. The molecule has 0 aliphatic carbocycles. The quantitative estimate of drug-likeness (QED) is 0.338. The predicted molar refractivity (Wildman–Crippen MR) is 100 cm³/mol. The summed E-state index contributed by atoms with van der Waals surface area (Å²) in [5, 5.41) is 0. The minimum Gasteiger partial charge on any atom is -0.491 e. The van der Waals surface area contributed by atoms with Crippen molar-refractivity contribution in [3.63, 3.8) is 0 Å². The summed E-state index contributed by atoms with van der Waals surface area (Å²) in [6.07, 6.45) is 1.77. The van der Waals surface area contributed by atoms with Gasteiger partial charge in [-0.3, -0.25) is 0 Å². The molecule has 148 valence electrons. The molecule has 1 aliphatic rings. The molecular weight excluding hydrogens is 337 g/mol. The van der Waals surface area contributed by atoms with E-state index in [9.17, 15) is 9.18 Å². The van der Waals surface area contributed by atoms with Crippen LogP contribution in [0.5, 0.6) is 0 Å². The van der Waals surface area contributed by atoms with Crippen molar-refractivity contribution in [3.05, 3.63) is 36.4 Å². The van der Waals surface area contributed by atoms with Gasteiger partial charge in [-0.15, -0.1) is 0 Å². The summed E-state index contributed by atoms with van der Waals surface area (Å²) in [5.74, 6) is 0.0207. The average molecular weight is 369 g/mol. The molecule has 1 fully saturated rings. The fourth-order valence-electron chi connectivity index (χ4n) is 2.24. The number of hydrogen-bond acceptors (Lipinski definition) is 4. The third kappa shape index (κ3) is 7.60. The molecule has 0 aromatic heterocycles. The first-order chi connectivity index (χ1) is 12.0. The largest absolute Gasteiger partial charge is 0.491 e. The van der Waals surface area contributed by atoms with Crippen molar-refractivity contribution in [3.8, 4) is 0 Å². The van der Waals surface area contributed by atoms with Crippen LogP contribution < -0.4 is 0 Å². The second-order valence-electron chi connectivity index (χ2n) is 7.52. The number of likely N-dealkylation sites (tertiary alicyclic amines) is 1. The topological polar surface area (TPSA) is 48.0 Å². The van der Waals surface area contributed by atoms with Crippen LogP contribution in [-0.2, 0) is 14.2 Å². The van der Waals surface area contributed by atoms with E-state index >= 15 is 0 Å². The van der Waals surface area contributed by atoms with Gasteiger partial charge in [-0.05, 0) is 38.7 Å². The van der Waals surface area contributed by atoms with Crippen molar-refractivity contribution in [2.75, 3.05) is 26.3 Å². The number of carbonyl (C=O) groups excluding carboxylic acids is 1. The van der Waals surface area contributed by atoms with Crippen molar-refractivity contribution in [1.82, 2.24) is 4.90 Å². The van der Waals surface area contributed by atoms with Gasteiger partial charge in [0, 0.05) is 6.08 Å². The highest BCUT2D eigenvalue weighted by atomic mass is 19.1. The number of carbonyl (C=O) groups is 1. The molecule has 1 heterocycles. The molecule has 5 nitrogen and oxygen atoms in total. The maximum Gasteiger partial charge on any atom is 0.410 e. The SMILES string of the molecule is C=C(F)/C=C(/OCCOC1CN(C(=O)OC(C)(C)C)C1)C(=C)C(C)CC. The lowest BCUT2D eigenvalue weighted by atomic mass is 9.98. The van der Waals surface area contributed by atoms with Gasteiger partial charge in [0.25, 0.3) is 0 Å². The van der Waals surface area contributed by atoms with Gasteiger partial charge in [0.15, 0.2) is 0 Å². The van der Waals surface area contributed by atoms with Crippen molar-refractivity contribution in [2.45, 2.75) is 52.7 Å². The van der Waals surface area contributed by atoms with Crippen molar-refractivity contribution < 1.29 is 23.4 Å². The van der Waals surface area contributed by atoms with Crippen LogP contribution in [0.3, 0.4) is 0 Å². The Labute approximate surface area is 156 Å². The molecule has 0 aromatic carbocycles. The number of ether oxygens (including phenoxy) is 3. The van der Waals surface area contributed by atoms with E-state index in [1.807, 2.05) is 34.6 Å². The Hall–Kier alpha value is -1.82. The summed E-state index contributed by atoms with van der Waals surface area (Å²) >= 11 is 0. The second kappa shape index (κ2) is 9.76. The zero-order valence-electron chi connectivity index (χ0n) is 16.6. The van der Waals surface area contributed by atoms with Crippen LogP contribution in [0.1, 0.15) is 41.0 Å². The third-order valence-corrected chi connectivity index (χ3v) is 4.01. The minimum absolute atomic E-state index is 0.0348. The van der Waals surface area contributed by atoms with E-state index in [4.69, 9.17) is 14.2 Å². The van der Waals surface area contributed by atoms with Gasteiger partial charge in [0.1, 0.15) is 23.8 Å². The maximum absolute atomic E-state index is 13.1. The summed E-state index contributed by atoms with van der Waals surface area (Å²) in [7, 11) is 0. The van der Waals surface area contributed by atoms with Gasteiger partial charge in [0.05, 0.1) is 25.8 Å². The van der Waals surface area contributed by atoms with Crippen LogP contribution in [0.2, 0.25) is 0 Å². The molecular formula is C20H32FNO4. The lowest BCUT2D eigenvalue weighted by molar-refractivity contribution is -0.0711. The van der Waals surface area contributed by atoms with Crippen LogP contribution in [0.15, 0.2) is 36.4 Å². The molecule has 6 heteroatoms.